The minimum absolute atomic E-state index is 0. The molecule has 0 N–H and O–H groups in total. The summed E-state index contributed by atoms with van der Waals surface area (Å²) in [6.07, 6.45) is 3.77. The second-order valence-corrected chi connectivity index (χ2v) is 21.1. The largest absolute Gasteiger partial charge is 0.509 e. The summed E-state index contributed by atoms with van der Waals surface area (Å²) in [6.45, 7) is 29.4. The molecule has 0 bridgehead atoms. The third-order valence-corrected chi connectivity index (χ3v) is 12.2. The van der Waals surface area contributed by atoms with Gasteiger partial charge in [-0.25, -0.2) is 4.98 Å². The number of pyridine rings is 2. The molecule has 5 aromatic carbocycles. The van der Waals surface area contributed by atoms with Crippen molar-refractivity contribution in [3.63, 3.8) is 0 Å². The van der Waals surface area contributed by atoms with Gasteiger partial charge >= 0.3 is 0 Å². The maximum absolute atomic E-state index is 6.72. The molecular weight excluding hydrogens is 966 g/mol. The van der Waals surface area contributed by atoms with Crippen LogP contribution in [0.1, 0.15) is 105 Å². The number of hydrogen-bond acceptors (Lipinski definition) is 5. The molecule has 3 aromatic heterocycles. The Kier molecular flexibility index (Phi) is 11.5. The number of para-hydroxylation sites is 1. The standard InChI is InChI=1S/C57H58N5O.Pt/c1-54(2,3)37-22-25-49-47(32-37)45-24-23-44(35-51(45)62(49)52-33-38(26-28-59-52)55(4,5)6)63-43-18-15-17-41(34-43)60-36-61(42-30-39(56(7,8)9)29-40(31-42)57(10,11)12)53-46(19-16-21-50(53)60)48-20-13-14-27-58-48;/h13-33,36H,1-12H3;/q-3;. The SMILES string of the molecule is CC(C)(C)c1cc(N2[CH-]N(c3[c-]c(Oc4[c-]c5c(cc4)c4cc(C(C)(C)C)ccc4n5-c4cc(C(C)(C)C)ccn4)ccc3)c3cccc(-c4ccccn4)c32)cc(C(C)(C)C)c1.[Pt]. The van der Waals surface area contributed by atoms with Crippen molar-refractivity contribution in [2.45, 2.75) is 105 Å². The molecule has 0 amide bonds. The van der Waals surface area contributed by atoms with Crippen LogP contribution in [0.15, 0.2) is 128 Å². The van der Waals surface area contributed by atoms with Gasteiger partial charge in [0.25, 0.3) is 0 Å². The molecule has 9 rings (SSSR count). The molecule has 0 fully saturated rings. The Balaban J connectivity index is 0.00000560. The quantitative estimate of drug-likeness (QED) is 0.155. The number of fused-ring (bicyclic) bond motifs is 4. The van der Waals surface area contributed by atoms with Crippen molar-refractivity contribution in [3.05, 3.63) is 169 Å². The Hall–Kier alpha value is -5.71. The summed E-state index contributed by atoms with van der Waals surface area (Å²) in [6, 6.07) is 48.2. The zero-order valence-electron chi connectivity index (χ0n) is 39.2. The average molecular weight is 1020 g/mol. The van der Waals surface area contributed by atoms with Crippen LogP contribution in [0.3, 0.4) is 0 Å². The first-order valence-corrected chi connectivity index (χ1v) is 22.1. The van der Waals surface area contributed by atoms with E-state index < -0.39 is 0 Å². The molecule has 4 heterocycles. The molecule has 1 aliphatic rings. The minimum atomic E-state index is -0.0467. The van der Waals surface area contributed by atoms with Crippen LogP contribution < -0.4 is 14.5 Å². The predicted molar refractivity (Wildman–Crippen MR) is 262 cm³/mol. The molecule has 330 valence electrons. The maximum Gasteiger partial charge on any atom is 0.135 e. The number of aromatic nitrogens is 3. The first-order valence-electron chi connectivity index (χ1n) is 22.1. The molecule has 0 spiro atoms. The monoisotopic (exact) mass is 1020 g/mol. The van der Waals surface area contributed by atoms with E-state index in [0.29, 0.717) is 11.5 Å². The van der Waals surface area contributed by atoms with Gasteiger partial charge in [0.05, 0.1) is 5.69 Å². The van der Waals surface area contributed by atoms with E-state index in [0.717, 1.165) is 61.6 Å². The summed E-state index contributed by atoms with van der Waals surface area (Å²) in [5.74, 6) is 2.04. The summed E-state index contributed by atoms with van der Waals surface area (Å²) >= 11 is 0. The minimum Gasteiger partial charge on any atom is -0.509 e. The van der Waals surface area contributed by atoms with Crippen LogP contribution in [0.2, 0.25) is 0 Å². The van der Waals surface area contributed by atoms with E-state index in [4.69, 9.17) is 14.7 Å². The zero-order chi connectivity index (χ0) is 44.6. The van der Waals surface area contributed by atoms with Gasteiger partial charge in [0.1, 0.15) is 5.82 Å². The van der Waals surface area contributed by atoms with Crippen molar-refractivity contribution in [2.24, 2.45) is 0 Å². The van der Waals surface area contributed by atoms with E-state index in [9.17, 15) is 0 Å². The first-order chi connectivity index (χ1) is 29.7. The van der Waals surface area contributed by atoms with E-state index in [-0.39, 0.29) is 42.7 Å². The Morgan fingerprint density at radius 3 is 1.88 bits per heavy atom. The second-order valence-electron chi connectivity index (χ2n) is 21.1. The summed E-state index contributed by atoms with van der Waals surface area (Å²) < 4.78 is 8.94. The molecule has 0 saturated carbocycles. The van der Waals surface area contributed by atoms with E-state index in [1.165, 1.54) is 22.3 Å². The van der Waals surface area contributed by atoms with Gasteiger partial charge in [0.15, 0.2) is 0 Å². The summed E-state index contributed by atoms with van der Waals surface area (Å²) in [5.41, 5.74) is 12.9. The van der Waals surface area contributed by atoms with Gasteiger partial charge in [-0.1, -0.05) is 125 Å². The van der Waals surface area contributed by atoms with E-state index >= 15 is 0 Å². The molecule has 6 nitrogen and oxygen atoms in total. The molecule has 64 heavy (non-hydrogen) atoms. The van der Waals surface area contributed by atoms with Crippen LogP contribution in [-0.2, 0) is 42.7 Å². The van der Waals surface area contributed by atoms with Gasteiger partial charge in [-0.2, -0.15) is 12.1 Å². The van der Waals surface area contributed by atoms with E-state index in [1.807, 2.05) is 42.7 Å². The summed E-state index contributed by atoms with van der Waals surface area (Å²) in [5, 5.41) is 2.26. The Morgan fingerprint density at radius 1 is 0.531 bits per heavy atom. The van der Waals surface area contributed by atoms with Gasteiger partial charge in [0, 0.05) is 73.1 Å². The smallest absolute Gasteiger partial charge is 0.135 e. The molecule has 0 unspecified atom stereocenters. The molecular formula is C57H58N5OPt-3. The average Bonchev–Trinajstić information content (AvgIpc) is 3.79. The van der Waals surface area contributed by atoms with Crippen LogP contribution in [0.25, 0.3) is 38.9 Å². The third kappa shape index (κ3) is 8.50. The number of anilines is 4. The number of hydrogen-bond donors (Lipinski definition) is 0. The fraction of sp³-hybridized carbons (Fsp3) is 0.281. The molecule has 0 aliphatic carbocycles. The van der Waals surface area contributed by atoms with E-state index in [1.54, 1.807) is 0 Å². The van der Waals surface area contributed by atoms with Crippen LogP contribution in [0.4, 0.5) is 22.7 Å². The normalized spacial score (nSPS) is 13.4. The number of rotatable bonds is 6. The Morgan fingerprint density at radius 2 is 1.20 bits per heavy atom. The maximum atomic E-state index is 6.72. The van der Waals surface area contributed by atoms with Crippen molar-refractivity contribution in [1.29, 1.82) is 0 Å². The Bertz CT molecular complexity index is 2980. The van der Waals surface area contributed by atoms with Crippen LogP contribution in [-0.4, -0.2) is 14.5 Å². The van der Waals surface area contributed by atoms with Crippen molar-refractivity contribution < 1.29 is 25.8 Å². The van der Waals surface area contributed by atoms with Crippen LogP contribution >= 0.6 is 0 Å². The number of benzene rings is 5. The topological polar surface area (TPSA) is 46.4 Å². The number of nitrogens with zero attached hydrogens (tertiary/aromatic N) is 5. The van der Waals surface area contributed by atoms with Crippen LogP contribution in [0, 0.1) is 18.8 Å². The molecule has 0 radical (unpaired) electrons. The Labute approximate surface area is 394 Å². The summed E-state index contributed by atoms with van der Waals surface area (Å²) in [7, 11) is 0. The van der Waals surface area contributed by atoms with Crippen molar-refractivity contribution in [3.8, 4) is 28.6 Å². The second kappa shape index (κ2) is 16.4. The predicted octanol–water partition coefficient (Wildman–Crippen LogP) is 15.2. The third-order valence-electron chi connectivity index (χ3n) is 12.2. The fourth-order valence-corrected chi connectivity index (χ4v) is 8.40. The fourth-order valence-electron chi connectivity index (χ4n) is 8.40. The van der Waals surface area contributed by atoms with Gasteiger partial charge in [-0.05, 0) is 97.8 Å². The van der Waals surface area contributed by atoms with Crippen molar-refractivity contribution in [1.82, 2.24) is 14.5 Å². The molecule has 7 heteroatoms. The molecule has 0 atom stereocenters. The summed E-state index contributed by atoms with van der Waals surface area (Å²) in [4.78, 5) is 14.3. The molecule has 0 saturated heterocycles. The van der Waals surface area contributed by atoms with Crippen molar-refractivity contribution >= 4 is 44.6 Å². The van der Waals surface area contributed by atoms with Gasteiger partial charge in [0.2, 0.25) is 0 Å². The first kappa shape index (κ1) is 44.9. The molecule has 8 aromatic rings. The molecule has 1 aliphatic heterocycles. The number of ether oxygens (including phenoxy) is 1. The van der Waals surface area contributed by atoms with Crippen molar-refractivity contribution in [2.75, 3.05) is 9.80 Å². The van der Waals surface area contributed by atoms with Crippen LogP contribution in [0.5, 0.6) is 11.5 Å². The van der Waals surface area contributed by atoms with E-state index in [2.05, 4.69) is 201 Å². The van der Waals surface area contributed by atoms with Gasteiger partial charge in [-0.3, -0.25) is 4.98 Å². The van der Waals surface area contributed by atoms with Gasteiger partial charge < -0.3 is 19.1 Å². The van der Waals surface area contributed by atoms with Gasteiger partial charge in [-0.15, -0.1) is 48.1 Å². The zero-order valence-corrected chi connectivity index (χ0v) is 41.4.